The summed E-state index contributed by atoms with van der Waals surface area (Å²) < 4.78 is 35.2. The van der Waals surface area contributed by atoms with E-state index in [-0.39, 0.29) is 29.1 Å². The van der Waals surface area contributed by atoms with E-state index in [0.29, 0.717) is 17.4 Å². The monoisotopic (exact) mass is 410 g/mol. The minimum Gasteiger partial charge on any atom is -0.462 e. The number of hydrogen-bond acceptors (Lipinski definition) is 3. The number of benzene rings is 1. The Kier molecular flexibility index (Phi) is 4.96. The lowest BCUT2D eigenvalue weighted by Crippen LogP contribution is -2.31. The zero-order valence-electron chi connectivity index (χ0n) is 17.2. The van der Waals surface area contributed by atoms with Crippen LogP contribution in [0.5, 0.6) is 0 Å². The summed E-state index contributed by atoms with van der Waals surface area (Å²) in [5.41, 5.74) is 1.51. The topological polar surface area (TPSA) is 43.6 Å². The van der Waals surface area contributed by atoms with Gasteiger partial charge in [0.1, 0.15) is 0 Å². The maximum absolute atomic E-state index is 14.0. The molecule has 0 saturated heterocycles. The molecule has 2 aromatic rings. The van der Waals surface area contributed by atoms with Crippen molar-refractivity contribution in [1.82, 2.24) is 4.57 Å². The molecule has 0 saturated carbocycles. The quantitative estimate of drug-likeness (QED) is 0.598. The number of hydrogen-bond donors (Lipinski definition) is 0. The van der Waals surface area contributed by atoms with Gasteiger partial charge in [0, 0.05) is 54.4 Å². The number of carbonyl (C=O) groups excluding carboxylic acids is 1. The molecule has 2 atom stereocenters. The summed E-state index contributed by atoms with van der Waals surface area (Å²) in [6, 6.07) is 4.47. The molecule has 156 valence electrons. The number of esters is 1. The summed E-state index contributed by atoms with van der Waals surface area (Å²) in [6.07, 6.45) is 13.9. The number of fused-ring (bicyclic) bond motifs is 2. The Hall–Kier alpha value is -3.02. The lowest BCUT2D eigenvalue weighted by Gasteiger charge is -2.36. The molecule has 30 heavy (non-hydrogen) atoms. The lowest BCUT2D eigenvalue weighted by atomic mass is 9.70. The second-order valence-corrected chi connectivity index (χ2v) is 8.08. The predicted octanol–water partition coefficient (Wildman–Crippen LogP) is 5.65. The van der Waals surface area contributed by atoms with Crippen molar-refractivity contribution in [1.29, 1.82) is 0 Å². The third kappa shape index (κ3) is 3.51. The molecule has 1 aromatic carbocycles. The van der Waals surface area contributed by atoms with Gasteiger partial charge in [-0.1, -0.05) is 31.2 Å². The van der Waals surface area contributed by atoms with Crippen LogP contribution in [0, 0.1) is 11.3 Å². The Morgan fingerprint density at radius 2 is 2.17 bits per heavy atom. The van der Waals surface area contributed by atoms with Crippen LogP contribution in [0.15, 0.2) is 65.5 Å². The molecule has 4 nitrogen and oxygen atoms in total. The van der Waals surface area contributed by atoms with Crippen molar-refractivity contribution in [2.75, 3.05) is 6.61 Å². The average Bonchev–Trinajstić information content (AvgIpc) is 3.09. The van der Waals surface area contributed by atoms with Crippen molar-refractivity contribution in [2.24, 2.45) is 16.3 Å². The van der Waals surface area contributed by atoms with Gasteiger partial charge in [0.05, 0.1) is 17.7 Å². The molecule has 6 heteroatoms. The second-order valence-electron chi connectivity index (χ2n) is 8.08. The highest BCUT2D eigenvalue weighted by atomic mass is 19.3. The molecule has 2 aliphatic rings. The number of carbonyl (C=O) groups is 1. The number of ether oxygens (including phenoxy) is 1. The van der Waals surface area contributed by atoms with E-state index >= 15 is 0 Å². The Labute approximate surface area is 174 Å². The summed E-state index contributed by atoms with van der Waals surface area (Å²) in [7, 11) is 0. The average molecular weight is 410 g/mol. The highest BCUT2D eigenvalue weighted by Crippen LogP contribution is 2.40. The van der Waals surface area contributed by atoms with Gasteiger partial charge in [-0.2, -0.15) is 0 Å². The van der Waals surface area contributed by atoms with E-state index in [4.69, 9.17) is 4.74 Å². The highest BCUT2D eigenvalue weighted by Gasteiger charge is 2.35. The van der Waals surface area contributed by atoms with Gasteiger partial charge >= 0.3 is 5.97 Å². The van der Waals surface area contributed by atoms with Crippen molar-refractivity contribution in [2.45, 2.75) is 33.2 Å². The van der Waals surface area contributed by atoms with Gasteiger partial charge in [0.25, 0.3) is 5.92 Å². The zero-order valence-corrected chi connectivity index (χ0v) is 17.2. The SMILES string of the molecule is CCOC(=O)c1cc(C(C)(F)F)cc2ccn(CC3=CC=CC4(C)C=NC=CC34)c12. The van der Waals surface area contributed by atoms with E-state index in [9.17, 15) is 13.6 Å². The first-order valence-electron chi connectivity index (χ1n) is 10.0. The van der Waals surface area contributed by atoms with Crippen LogP contribution in [0.3, 0.4) is 0 Å². The van der Waals surface area contributed by atoms with Crippen LogP contribution in [-0.4, -0.2) is 23.4 Å². The summed E-state index contributed by atoms with van der Waals surface area (Å²) >= 11 is 0. The molecule has 1 aliphatic heterocycles. The van der Waals surface area contributed by atoms with E-state index in [1.165, 1.54) is 12.1 Å². The second kappa shape index (κ2) is 7.35. The Morgan fingerprint density at radius 3 is 2.90 bits per heavy atom. The number of aliphatic imine (C=N–C) groups is 1. The highest BCUT2D eigenvalue weighted by molar-refractivity contribution is 6.03. The summed E-state index contributed by atoms with van der Waals surface area (Å²) in [5.74, 6) is -3.51. The molecule has 0 fully saturated rings. The van der Waals surface area contributed by atoms with Gasteiger partial charge in [0.15, 0.2) is 0 Å². The standard InChI is InChI=1S/C24H24F2N2O2/c1-4-30-22(29)19-13-18(24(3,25)26)12-16-8-11-28(21(16)19)14-17-6-5-9-23(2)15-27-10-7-20(17)23/h5-13,15,20H,4,14H2,1-3H3. The van der Waals surface area contributed by atoms with Gasteiger partial charge in [-0.25, -0.2) is 13.6 Å². The maximum Gasteiger partial charge on any atom is 0.340 e. The maximum atomic E-state index is 14.0. The van der Waals surface area contributed by atoms with Crippen LogP contribution in [0.4, 0.5) is 8.78 Å². The number of aromatic nitrogens is 1. The first-order valence-corrected chi connectivity index (χ1v) is 10.0. The van der Waals surface area contributed by atoms with Gasteiger partial charge in [-0.15, -0.1) is 0 Å². The van der Waals surface area contributed by atoms with Crippen molar-refractivity contribution < 1.29 is 18.3 Å². The fourth-order valence-electron chi connectivity index (χ4n) is 4.23. The molecule has 2 unspecified atom stereocenters. The molecule has 1 aromatic heterocycles. The Morgan fingerprint density at radius 1 is 1.37 bits per heavy atom. The van der Waals surface area contributed by atoms with Crippen molar-refractivity contribution in [3.05, 3.63) is 71.6 Å². The largest absolute Gasteiger partial charge is 0.462 e. The van der Waals surface area contributed by atoms with Gasteiger partial charge < -0.3 is 9.30 Å². The minimum absolute atomic E-state index is 0.141. The number of alkyl halides is 2. The molecule has 0 N–H and O–H groups in total. The van der Waals surface area contributed by atoms with E-state index in [2.05, 4.69) is 30.1 Å². The van der Waals surface area contributed by atoms with Crippen molar-refractivity contribution in [3.8, 4) is 0 Å². The Bertz CT molecular complexity index is 1120. The van der Waals surface area contributed by atoms with Crippen LogP contribution in [0.25, 0.3) is 10.9 Å². The fourth-order valence-corrected chi connectivity index (χ4v) is 4.23. The molecule has 0 spiro atoms. The third-order valence-electron chi connectivity index (χ3n) is 5.77. The third-order valence-corrected chi connectivity index (χ3v) is 5.77. The number of allylic oxidation sites excluding steroid dienone is 5. The normalized spacial score (nSPS) is 22.8. The fraction of sp³-hybridized carbons (Fsp3) is 0.333. The van der Waals surface area contributed by atoms with Gasteiger partial charge in [-0.3, -0.25) is 4.99 Å². The van der Waals surface area contributed by atoms with Crippen LogP contribution >= 0.6 is 0 Å². The Balaban J connectivity index is 1.80. The molecule has 0 amide bonds. The summed E-state index contributed by atoms with van der Waals surface area (Å²) in [5, 5.41) is 0.590. The van der Waals surface area contributed by atoms with E-state index < -0.39 is 11.9 Å². The van der Waals surface area contributed by atoms with E-state index in [0.717, 1.165) is 12.5 Å². The van der Waals surface area contributed by atoms with Crippen LogP contribution in [-0.2, 0) is 17.2 Å². The smallest absolute Gasteiger partial charge is 0.340 e. The number of rotatable bonds is 5. The molecule has 2 heterocycles. The van der Waals surface area contributed by atoms with Crippen LogP contribution in [0.1, 0.15) is 36.7 Å². The molecule has 4 rings (SSSR count). The van der Waals surface area contributed by atoms with Gasteiger partial charge in [0.2, 0.25) is 0 Å². The molecular weight excluding hydrogens is 386 g/mol. The molecule has 0 radical (unpaired) electrons. The summed E-state index contributed by atoms with van der Waals surface area (Å²) in [6.45, 7) is 5.36. The van der Waals surface area contributed by atoms with Gasteiger partial charge in [-0.05, 0) is 30.7 Å². The molecule has 1 aliphatic carbocycles. The minimum atomic E-state index is -3.05. The molecule has 0 bridgehead atoms. The predicted molar refractivity (Wildman–Crippen MR) is 114 cm³/mol. The van der Waals surface area contributed by atoms with Crippen molar-refractivity contribution >= 4 is 23.1 Å². The summed E-state index contributed by atoms with van der Waals surface area (Å²) in [4.78, 5) is 16.9. The van der Waals surface area contributed by atoms with Crippen LogP contribution in [0.2, 0.25) is 0 Å². The number of nitrogens with zero attached hydrogens (tertiary/aromatic N) is 2. The van der Waals surface area contributed by atoms with E-state index in [1.807, 2.05) is 23.1 Å². The van der Waals surface area contributed by atoms with E-state index in [1.54, 1.807) is 19.2 Å². The first-order chi connectivity index (χ1) is 14.2. The van der Waals surface area contributed by atoms with Crippen LogP contribution < -0.4 is 0 Å². The van der Waals surface area contributed by atoms with Crippen molar-refractivity contribution in [3.63, 3.8) is 0 Å². The number of halogens is 2. The zero-order chi connectivity index (χ0) is 21.5. The molecular formula is C24H24F2N2O2. The first kappa shape index (κ1) is 20.3. The lowest BCUT2D eigenvalue weighted by molar-refractivity contribution is 0.0175.